The second kappa shape index (κ2) is 10.8. The normalized spacial score (nSPS) is 14.0. The Labute approximate surface area is 241 Å². The molecule has 6 aromatic rings. The Bertz CT molecular complexity index is 1920. The number of carbonyl (C=O) groups is 1. The Morgan fingerprint density at radius 3 is 2.60 bits per heavy atom. The average Bonchev–Trinajstić information content (AvgIpc) is 3.61. The molecule has 1 aliphatic carbocycles. The van der Waals surface area contributed by atoms with Gasteiger partial charge >= 0.3 is 0 Å². The summed E-state index contributed by atoms with van der Waals surface area (Å²) in [6.45, 7) is 1.87. The smallest absolute Gasteiger partial charge is 0.224 e. The quantitative estimate of drug-likeness (QED) is 0.195. The molecule has 1 aromatic carbocycles. The van der Waals surface area contributed by atoms with Gasteiger partial charge < -0.3 is 10.3 Å². The summed E-state index contributed by atoms with van der Waals surface area (Å²) in [7, 11) is 0. The minimum Gasteiger partial charge on any atom is -0.352 e. The van der Waals surface area contributed by atoms with E-state index in [0.717, 1.165) is 62.6 Å². The van der Waals surface area contributed by atoms with Crippen molar-refractivity contribution >= 4 is 33.5 Å². The van der Waals surface area contributed by atoms with Crippen LogP contribution in [0.2, 0.25) is 0 Å². The van der Waals surface area contributed by atoms with Gasteiger partial charge in [-0.05, 0) is 67.1 Å². The molecule has 0 unspecified atom stereocenters. The van der Waals surface area contributed by atoms with Crippen molar-refractivity contribution in [3.05, 3.63) is 78.8 Å². The van der Waals surface area contributed by atoms with Crippen LogP contribution < -0.4 is 5.32 Å². The van der Waals surface area contributed by atoms with E-state index in [-0.39, 0.29) is 11.7 Å². The Morgan fingerprint density at radius 2 is 1.74 bits per heavy atom. The van der Waals surface area contributed by atoms with Crippen LogP contribution in [0.5, 0.6) is 0 Å². The lowest BCUT2D eigenvalue weighted by Gasteiger charge is -2.20. The molecule has 5 aromatic heterocycles. The second-order valence-electron chi connectivity index (χ2n) is 11.3. The number of aromatic nitrogens is 6. The van der Waals surface area contributed by atoms with E-state index in [1.807, 2.05) is 31.2 Å². The van der Waals surface area contributed by atoms with Gasteiger partial charge in [0.2, 0.25) is 5.91 Å². The van der Waals surface area contributed by atoms with Crippen molar-refractivity contribution in [1.82, 2.24) is 30.1 Å². The predicted octanol–water partition coefficient (Wildman–Crippen LogP) is 7.59. The van der Waals surface area contributed by atoms with Gasteiger partial charge in [-0.3, -0.25) is 19.9 Å². The van der Waals surface area contributed by atoms with Crippen LogP contribution in [0.4, 0.5) is 10.1 Å². The van der Waals surface area contributed by atoms with E-state index in [9.17, 15) is 9.18 Å². The minimum atomic E-state index is -0.281. The van der Waals surface area contributed by atoms with Crippen LogP contribution in [-0.2, 0) is 4.79 Å². The zero-order chi connectivity index (χ0) is 28.6. The van der Waals surface area contributed by atoms with Crippen molar-refractivity contribution in [2.45, 2.75) is 45.4 Å². The molecule has 8 nitrogen and oxygen atoms in total. The number of pyridine rings is 3. The van der Waals surface area contributed by atoms with E-state index in [1.54, 1.807) is 31.0 Å². The molecule has 210 valence electrons. The van der Waals surface area contributed by atoms with Crippen LogP contribution in [-0.4, -0.2) is 36.0 Å². The van der Waals surface area contributed by atoms with Crippen LogP contribution in [0.1, 0.15) is 44.1 Å². The second-order valence-corrected chi connectivity index (χ2v) is 11.3. The van der Waals surface area contributed by atoms with E-state index in [0.29, 0.717) is 29.4 Å². The largest absolute Gasteiger partial charge is 0.352 e. The maximum absolute atomic E-state index is 14.2. The molecule has 0 bridgehead atoms. The number of H-pyrrole nitrogens is 2. The van der Waals surface area contributed by atoms with Crippen LogP contribution in [0.25, 0.3) is 55.6 Å². The maximum atomic E-state index is 14.2. The number of fused-ring (bicyclic) bond motifs is 2. The molecule has 42 heavy (non-hydrogen) atoms. The molecule has 0 aliphatic heterocycles. The van der Waals surface area contributed by atoms with E-state index >= 15 is 0 Å². The van der Waals surface area contributed by atoms with Gasteiger partial charge in [-0.2, -0.15) is 5.10 Å². The third-order valence-corrected chi connectivity index (χ3v) is 8.12. The van der Waals surface area contributed by atoms with Gasteiger partial charge in [0.1, 0.15) is 11.5 Å². The standard InChI is InChI=1S/C33H30FN7O/c1-19-7-21(10-24(34)8-19)28-17-36-18-30-26(28)13-29(39-30)32-27-12-23(15-37-33(27)41-40-32)22-11-25(16-35-14-22)38-31(42)9-20-5-3-2-4-6-20/h7-8,10-18,20,39H,2-6,9H2,1H3,(H,38,42)(H,37,40,41). The summed E-state index contributed by atoms with van der Waals surface area (Å²) in [5.41, 5.74) is 7.80. The van der Waals surface area contributed by atoms with Crippen molar-refractivity contribution < 1.29 is 9.18 Å². The van der Waals surface area contributed by atoms with Crippen LogP contribution in [0, 0.1) is 18.7 Å². The number of nitrogens with one attached hydrogen (secondary N) is 3. The highest BCUT2D eigenvalue weighted by atomic mass is 19.1. The van der Waals surface area contributed by atoms with E-state index in [2.05, 4.69) is 35.5 Å². The summed E-state index contributed by atoms with van der Waals surface area (Å²) in [4.78, 5) is 29.5. The van der Waals surface area contributed by atoms with Crippen LogP contribution in [0.3, 0.4) is 0 Å². The third-order valence-electron chi connectivity index (χ3n) is 8.12. The molecule has 1 saturated carbocycles. The summed E-state index contributed by atoms with van der Waals surface area (Å²) >= 11 is 0. The fraction of sp³-hybridized carbons (Fsp3) is 0.242. The lowest BCUT2D eigenvalue weighted by Crippen LogP contribution is -2.18. The Balaban J connectivity index is 1.20. The van der Waals surface area contributed by atoms with Gasteiger partial charge in [0, 0.05) is 52.5 Å². The lowest BCUT2D eigenvalue weighted by atomic mass is 9.87. The number of hydrogen-bond acceptors (Lipinski definition) is 5. The number of benzene rings is 1. The van der Waals surface area contributed by atoms with Crippen molar-refractivity contribution in [3.63, 3.8) is 0 Å². The number of carbonyl (C=O) groups excluding carboxylic acids is 1. The molecular weight excluding hydrogens is 529 g/mol. The highest BCUT2D eigenvalue weighted by Gasteiger charge is 2.18. The summed E-state index contributed by atoms with van der Waals surface area (Å²) in [5, 5.41) is 12.4. The first-order chi connectivity index (χ1) is 20.5. The molecule has 1 aliphatic rings. The summed E-state index contributed by atoms with van der Waals surface area (Å²) in [6.07, 6.45) is 15.2. The molecule has 9 heteroatoms. The molecule has 0 saturated heterocycles. The van der Waals surface area contributed by atoms with Gasteiger partial charge in [0.25, 0.3) is 0 Å². The average molecular weight is 560 g/mol. The molecule has 3 N–H and O–H groups in total. The Hall–Kier alpha value is -4.92. The van der Waals surface area contributed by atoms with Crippen molar-refractivity contribution in [2.75, 3.05) is 5.32 Å². The SMILES string of the molecule is Cc1cc(F)cc(-c2cncc3[nH]c(-c4n[nH]c5ncc(-c6cncc(NC(=O)CC7CCCCC7)c6)cc45)cc23)c1. The Kier molecular flexibility index (Phi) is 6.70. The Morgan fingerprint density at radius 1 is 0.905 bits per heavy atom. The van der Waals surface area contributed by atoms with Crippen LogP contribution >= 0.6 is 0 Å². The predicted molar refractivity (Wildman–Crippen MR) is 162 cm³/mol. The molecule has 5 heterocycles. The zero-order valence-corrected chi connectivity index (χ0v) is 23.2. The monoisotopic (exact) mass is 559 g/mol. The molecule has 1 amide bonds. The summed E-state index contributed by atoms with van der Waals surface area (Å²) in [5.74, 6) is 0.222. The van der Waals surface area contributed by atoms with Crippen molar-refractivity contribution in [3.8, 4) is 33.6 Å². The minimum absolute atomic E-state index is 0.0348. The number of hydrogen-bond donors (Lipinski definition) is 3. The maximum Gasteiger partial charge on any atom is 0.224 e. The van der Waals surface area contributed by atoms with Gasteiger partial charge in [-0.15, -0.1) is 0 Å². The zero-order valence-electron chi connectivity index (χ0n) is 23.2. The van der Waals surface area contributed by atoms with Gasteiger partial charge in [0.05, 0.1) is 29.3 Å². The number of anilines is 1. The summed E-state index contributed by atoms with van der Waals surface area (Å²) < 4.78 is 14.2. The molecule has 0 atom stereocenters. The number of aromatic amines is 2. The highest BCUT2D eigenvalue weighted by molar-refractivity contribution is 6.00. The number of amides is 1. The van der Waals surface area contributed by atoms with Gasteiger partial charge in [-0.1, -0.05) is 25.3 Å². The fourth-order valence-electron chi connectivity index (χ4n) is 6.10. The topological polar surface area (TPSA) is 112 Å². The first-order valence-corrected chi connectivity index (χ1v) is 14.3. The number of aryl methyl sites for hydroxylation is 1. The fourth-order valence-corrected chi connectivity index (χ4v) is 6.10. The van der Waals surface area contributed by atoms with E-state index in [4.69, 9.17) is 0 Å². The van der Waals surface area contributed by atoms with Crippen molar-refractivity contribution in [1.29, 1.82) is 0 Å². The third kappa shape index (κ3) is 5.13. The molecule has 7 rings (SSSR count). The molecule has 0 spiro atoms. The number of nitrogens with zero attached hydrogens (tertiary/aromatic N) is 4. The van der Waals surface area contributed by atoms with E-state index < -0.39 is 0 Å². The molecule has 0 radical (unpaired) electrons. The first-order valence-electron chi connectivity index (χ1n) is 14.3. The lowest BCUT2D eigenvalue weighted by molar-refractivity contribution is -0.117. The van der Waals surface area contributed by atoms with Crippen molar-refractivity contribution in [2.24, 2.45) is 5.92 Å². The number of rotatable bonds is 6. The van der Waals surface area contributed by atoms with Gasteiger partial charge in [0.15, 0.2) is 5.65 Å². The van der Waals surface area contributed by atoms with Crippen LogP contribution in [0.15, 0.2) is 67.4 Å². The first kappa shape index (κ1) is 26.0. The van der Waals surface area contributed by atoms with Gasteiger partial charge in [-0.25, -0.2) is 9.37 Å². The van der Waals surface area contributed by atoms with E-state index in [1.165, 1.54) is 31.4 Å². The summed E-state index contributed by atoms with van der Waals surface area (Å²) in [6, 6.07) is 10.9. The molecule has 1 fully saturated rings. The molecular formula is C33H30FN7O. The number of halogens is 1. The highest BCUT2D eigenvalue weighted by Crippen LogP contribution is 2.35.